The summed E-state index contributed by atoms with van der Waals surface area (Å²) in [7, 11) is 0. The van der Waals surface area contributed by atoms with Gasteiger partial charge < -0.3 is 20.9 Å². The number of aliphatic hydroxyl groups is 1. The summed E-state index contributed by atoms with van der Waals surface area (Å²) in [5.74, 6) is 1.19. The van der Waals surface area contributed by atoms with E-state index in [9.17, 15) is 5.11 Å². The van der Waals surface area contributed by atoms with Crippen LogP contribution < -0.4 is 15.8 Å². The number of hydrogen-bond acceptors (Lipinski definition) is 4. The maximum atomic E-state index is 9.83. The average molecular weight is 266 g/mol. The lowest BCUT2D eigenvalue weighted by Crippen LogP contribution is -2.21. The molecule has 0 heterocycles. The van der Waals surface area contributed by atoms with Crippen LogP contribution in [0.1, 0.15) is 33.6 Å². The molecule has 0 aromatic heterocycles. The van der Waals surface area contributed by atoms with Gasteiger partial charge in [-0.15, -0.1) is 0 Å². The Morgan fingerprint density at radius 2 is 2.11 bits per heavy atom. The summed E-state index contributed by atoms with van der Waals surface area (Å²) in [4.78, 5) is 0. The molecule has 0 spiro atoms. The van der Waals surface area contributed by atoms with Crippen molar-refractivity contribution in [2.24, 2.45) is 5.92 Å². The number of hydrogen-bond donors (Lipinski definition) is 3. The minimum absolute atomic E-state index is 0.336. The molecule has 1 rings (SSSR count). The Kier molecular flexibility index (Phi) is 6.50. The topological polar surface area (TPSA) is 67.5 Å². The van der Waals surface area contributed by atoms with Gasteiger partial charge in [0.2, 0.25) is 0 Å². The van der Waals surface area contributed by atoms with E-state index in [1.165, 1.54) is 0 Å². The van der Waals surface area contributed by atoms with Crippen LogP contribution in [-0.2, 0) is 0 Å². The van der Waals surface area contributed by atoms with Crippen LogP contribution in [0.25, 0.3) is 0 Å². The van der Waals surface area contributed by atoms with Gasteiger partial charge in [-0.05, 0) is 30.9 Å². The molecule has 1 aromatic rings. The van der Waals surface area contributed by atoms with Gasteiger partial charge in [-0.2, -0.15) is 0 Å². The minimum atomic E-state index is -0.336. The van der Waals surface area contributed by atoms with Crippen LogP contribution in [0, 0.1) is 5.92 Å². The van der Waals surface area contributed by atoms with E-state index < -0.39 is 0 Å². The lowest BCUT2D eigenvalue weighted by Gasteiger charge is -2.16. The van der Waals surface area contributed by atoms with Crippen molar-refractivity contribution in [3.05, 3.63) is 18.2 Å². The van der Waals surface area contributed by atoms with Crippen molar-refractivity contribution in [1.82, 2.24) is 0 Å². The van der Waals surface area contributed by atoms with E-state index >= 15 is 0 Å². The molecular formula is C15H26N2O2. The number of aliphatic hydroxyl groups excluding tert-OH is 1. The van der Waals surface area contributed by atoms with Gasteiger partial charge in [0, 0.05) is 18.3 Å². The summed E-state index contributed by atoms with van der Waals surface area (Å²) in [5.41, 5.74) is 7.41. The number of anilines is 2. The molecule has 4 nitrogen and oxygen atoms in total. The van der Waals surface area contributed by atoms with Gasteiger partial charge in [-0.3, -0.25) is 0 Å². The summed E-state index contributed by atoms with van der Waals surface area (Å²) < 4.78 is 5.57. The third kappa shape index (κ3) is 5.83. The third-order valence-electron chi connectivity index (χ3n) is 2.76. The second kappa shape index (κ2) is 7.89. The SMILES string of the molecule is CCCOc1cc(NCC(O)CC(C)C)ccc1N. The average Bonchev–Trinajstić information content (AvgIpc) is 2.35. The molecular weight excluding hydrogens is 240 g/mol. The number of nitrogen functional groups attached to an aromatic ring is 1. The van der Waals surface area contributed by atoms with Crippen LogP contribution in [0.15, 0.2) is 18.2 Å². The highest BCUT2D eigenvalue weighted by Crippen LogP contribution is 2.25. The van der Waals surface area contributed by atoms with Crippen molar-refractivity contribution in [1.29, 1.82) is 0 Å². The van der Waals surface area contributed by atoms with Crippen LogP contribution in [0.4, 0.5) is 11.4 Å². The lowest BCUT2D eigenvalue weighted by atomic mass is 10.1. The molecule has 0 aliphatic heterocycles. The molecule has 1 aromatic carbocycles. The van der Waals surface area contributed by atoms with Crippen molar-refractivity contribution in [3.8, 4) is 5.75 Å². The van der Waals surface area contributed by atoms with Gasteiger partial charge in [-0.1, -0.05) is 20.8 Å². The molecule has 1 unspecified atom stereocenters. The van der Waals surface area contributed by atoms with Crippen LogP contribution in [-0.4, -0.2) is 24.4 Å². The fourth-order valence-corrected chi connectivity index (χ4v) is 1.84. The second-order valence-electron chi connectivity index (χ2n) is 5.27. The molecule has 4 heteroatoms. The zero-order chi connectivity index (χ0) is 14.3. The van der Waals surface area contributed by atoms with Gasteiger partial charge in [0.25, 0.3) is 0 Å². The van der Waals surface area contributed by atoms with E-state index in [0.29, 0.717) is 30.5 Å². The fraction of sp³-hybridized carbons (Fsp3) is 0.600. The molecule has 108 valence electrons. The molecule has 0 amide bonds. The van der Waals surface area contributed by atoms with Gasteiger partial charge in [-0.25, -0.2) is 0 Å². The van der Waals surface area contributed by atoms with Crippen LogP contribution in [0.5, 0.6) is 5.75 Å². The van der Waals surface area contributed by atoms with Gasteiger partial charge in [0.15, 0.2) is 0 Å². The predicted octanol–water partition coefficient (Wildman–Crippen LogP) is 2.88. The smallest absolute Gasteiger partial charge is 0.144 e. The second-order valence-corrected chi connectivity index (χ2v) is 5.27. The monoisotopic (exact) mass is 266 g/mol. The molecule has 19 heavy (non-hydrogen) atoms. The zero-order valence-electron chi connectivity index (χ0n) is 12.1. The molecule has 0 saturated heterocycles. The van der Waals surface area contributed by atoms with Gasteiger partial charge in [0.05, 0.1) is 18.4 Å². The molecule has 0 radical (unpaired) electrons. The fourth-order valence-electron chi connectivity index (χ4n) is 1.84. The summed E-state index contributed by atoms with van der Waals surface area (Å²) in [5, 5.41) is 13.0. The molecule has 1 atom stereocenters. The first-order valence-corrected chi connectivity index (χ1v) is 6.97. The molecule has 0 aliphatic rings. The van der Waals surface area contributed by atoms with E-state index in [4.69, 9.17) is 10.5 Å². The highest BCUT2D eigenvalue weighted by atomic mass is 16.5. The molecule has 0 fully saturated rings. The van der Waals surface area contributed by atoms with Crippen molar-refractivity contribution >= 4 is 11.4 Å². The maximum Gasteiger partial charge on any atom is 0.144 e. The van der Waals surface area contributed by atoms with Crippen molar-refractivity contribution in [2.45, 2.75) is 39.7 Å². The molecule has 0 bridgehead atoms. The van der Waals surface area contributed by atoms with Crippen molar-refractivity contribution < 1.29 is 9.84 Å². The summed E-state index contributed by atoms with van der Waals surface area (Å²) in [6.07, 6.45) is 1.41. The van der Waals surface area contributed by atoms with Crippen molar-refractivity contribution in [2.75, 3.05) is 24.2 Å². The van der Waals surface area contributed by atoms with Crippen molar-refractivity contribution in [3.63, 3.8) is 0 Å². The lowest BCUT2D eigenvalue weighted by molar-refractivity contribution is 0.161. The highest BCUT2D eigenvalue weighted by Gasteiger charge is 2.07. The largest absolute Gasteiger partial charge is 0.491 e. The predicted molar refractivity (Wildman–Crippen MR) is 80.6 cm³/mol. The Bertz CT molecular complexity index is 380. The summed E-state index contributed by atoms with van der Waals surface area (Å²) in [6, 6.07) is 5.60. The number of ether oxygens (including phenoxy) is 1. The normalized spacial score (nSPS) is 12.5. The third-order valence-corrected chi connectivity index (χ3v) is 2.76. The van der Waals surface area contributed by atoms with Gasteiger partial charge in [0.1, 0.15) is 5.75 Å². The quantitative estimate of drug-likeness (QED) is 0.633. The first-order valence-electron chi connectivity index (χ1n) is 6.97. The molecule has 0 saturated carbocycles. The first-order chi connectivity index (χ1) is 9.02. The Balaban J connectivity index is 2.54. The summed E-state index contributed by atoms with van der Waals surface area (Å²) in [6.45, 7) is 7.45. The Labute approximate surface area is 116 Å². The van der Waals surface area contributed by atoms with Gasteiger partial charge >= 0.3 is 0 Å². The highest BCUT2D eigenvalue weighted by molar-refractivity contribution is 5.61. The van der Waals surface area contributed by atoms with Crippen LogP contribution in [0.2, 0.25) is 0 Å². The van der Waals surface area contributed by atoms with Crippen LogP contribution >= 0.6 is 0 Å². The van der Waals surface area contributed by atoms with E-state index in [1.807, 2.05) is 18.2 Å². The summed E-state index contributed by atoms with van der Waals surface area (Å²) >= 11 is 0. The number of rotatable bonds is 8. The zero-order valence-corrected chi connectivity index (χ0v) is 12.1. The Morgan fingerprint density at radius 3 is 2.74 bits per heavy atom. The van der Waals surface area contributed by atoms with Crippen LogP contribution in [0.3, 0.4) is 0 Å². The van der Waals surface area contributed by atoms with E-state index in [2.05, 4.69) is 26.1 Å². The maximum absolute atomic E-state index is 9.83. The van der Waals surface area contributed by atoms with E-state index in [0.717, 1.165) is 18.5 Å². The van der Waals surface area contributed by atoms with E-state index in [-0.39, 0.29) is 6.10 Å². The minimum Gasteiger partial charge on any atom is -0.491 e. The number of nitrogens with one attached hydrogen (secondary N) is 1. The first kappa shape index (κ1) is 15.6. The number of nitrogens with two attached hydrogens (primary N) is 1. The molecule has 4 N–H and O–H groups in total. The Morgan fingerprint density at radius 1 is 1.37 bits per heavy atom. The van der Waals surface area contributed by atoms with E-state index in [1.54, 1.807) is 0 Å². The number of benzene rings is 1. The standard InChI is InChI=1S/C15H26N2O2/c1-4-7-19-15-9-12(5-6-14(15)16)17-10-13(18)8-11(2)3/h5-6,9,11,13,17-18H,4,7-8,10,16H2,1-3H3. The molecule has 0 aliphatic carbocycles. The Hall–Kier alpha value is -1.42.